The lowest BCUT2D eigenvalue weighted by Crippen LogP contribution is -2.72. The van der Waals surface area contributed by atoms with Gasteiger partial charge in [0, 0.05) is 34.1 Å². The zero-order valence-corrected chi connectivity index (χ0v) is 74.3. The van der Waals surface area contributed by atoms with E-state index in [-0.39, 0.29) is 0 Å². The van der Waals surface area contributed by atoms with E-state index in [2.05, 4.69) is 21.3 Å². The molecule has 0 spiro atoms. The van der Waals surface area contributed by atoms with Crippen LogP contribution in [0.4, 0.5) is 0 Å². The van der Waals surface area contributed by atoms with Crippen molar-refractivity contribution in [1.29, 1.82) is 0 Å². The van der Waals surface area contributed by atoms with Gasteiger partial charge in [0.05, 0.1) is 83.8 Å². The third-order valence-electron chi connectivity index (χ3n) is 25.5. The standard InChI is InChI=1S/C77H128N4O57/c1-17-37(96)45(104)50(109)70(119-17)131-58-30(14-88)126-69(36(81-22(6)93)62(58)134-75-55(114)65(42(101)27(11-85)124-75)138-77(76(116)117)7-23(94)33(78-19(3)90)60(137-77)39(98)24(95)8-82)136-64-43(102)32(128-74(54(64)113)130-57-28(12-86)121-66(115)49(108)48(57)107)16-118-67-34(79-20(4)91)44(103)56(29(13-87)125-67)129-73-53(112)63(41(100)26(10-84)123-73)135-68-35(80-21(5)92)61(133-71-51(110)46(105)38(97)18(2)120-71)59(31(15-89)127-68)132-72-52(111)47(106)40(99)25(9-83)122-72/h17-18,23-75,82-89,94-115H,7-16H2,1-6H3,(H,78,90)(H,79,91)(H,80,92)(H,81,93)(H,116,117)/t17-,18-,23-,24+,25+,26+,27+,28+,29+,30+,31+,32+,33+,34+,35+,36+,37+,38+,39+,40-,41-,42-,43-,44+,45+,46+,47-,48+,49+,50-,51-,52+,53+,54+,55+,56+,57+,58+,59+,60+,61+,62+,63-,64-,65-,66+,67+,68-,69-,70-,71-,72-,73-,74-,75-,77-/m0/s1. The molecule has 11 aliphatic heterocycles. The minimum atomic E-state index is -3.42. The smallest absolute Gasteiger partial charge is 0.364 e. The first-order valence-corrected chi connectivity index (χ1v) is 44.0. The Bertz CT molecular complexity index is 3850. The van der Waals surface area contributed by atoms with E-state index >= 15 is 0 Å². The average molecular weight is 2020 g/mol. The highest BCUT2D eigenvalue weighted by Crippen LogP contribution is 2.44. The molecule has 11 rings (SSSR count). The van der Waals surface area contributed by atoms with E-state index in [0.717, 1.165) is 27.7 Å². The number of carboxylic acids is 1. The molecule has 11 heterocycles. The van der Waals surface area contributed by atoms with Crippen LogP contribution in [0.5, 0.6) is 0 Å². The minimum Gasteiger partial charge on any atom is -0.477 e. The van der Waals surface area contributed by atoms with Crippen molar-refractivity contribution >= 4 is 29.6 Å². The van der Waals surface area contributed by atoms with E-state index in [9.17, 15) is 182 Å². The Balaban J connectivity index is 0.900. The second-order valence-electron chi connectivity index (χ2n) is 35.2. The molecule has 0 aromatic heterocycles. The molecule has 61 nitrogen and oxygen atoms in total. The van der Waals surface area contributed by atoms with Crippen molar-refractivity contribution in [2.75, 3.05) is 59.5 Å². The Morgan fingerprint density at radius 3 is 1.05 bits per heavy atom. The van der Waals surface area contributed by atoms with Gasteiger partial charge >= 0.3 is 5.97 Å². The van der Waals surface area contributed by atoms with E-state index < -0.39 is 439 Å². The molecule has 0 saturated carbocycles. The SMILES string of the molecule is CC(=O)N[C@H]1[C@H](OC[C@H]2O[C@@H](O[C@H]3[C@H](O)[C@@H](O)[C@H](O)O[C@@H]3CO)[C@H](O)[C@@H](O[C@@H]3O[C@H](CO)[C@@H](O[C@@H]4O[C@@H](C)[C@@H](O)[C@@H](O)[C@@H]4O)[C@H](O[C@@H]4O[C@H](CO)[C@H](O)[C@H](O[C@]5(C(=O)O)C[C@H](O)[C@@H](NC(C)=O)[C@H]([C@H](O)[C@H](O)CO)O5)[C@H]4O)[C@H]3NC(C)=O)[C@H]2O)O[C@H](CO)[C@@H](O[C@@H]2O[C@H](CO)[C@H](O)[C@H](O[C@@H]3O[C@H](CO)[C@@H](O[C@@H]4O[C@H](CO)[C@H](O)[C@H](O)[C@H]4O)[C@H](O[C@@H]4O[C@@H](C)[C@@H](O)[C@@H](O)[C@@H]4O)[C@H]3NC(C)=O)[C@H]2O)[C@@H]1O. The molecule has 11 saturated heterocycles. The summed E-state index contributed by atoms with van der Waals surface area (Å²) in [6, 6.07) is -8.09. The summed E-state index contributed by atoms with van der Waals surface area (Å²) in [5, 5.41) is 357. The summed E-state index contributed by atoms with van der Waals surface area (Å²) < 4.78 is 126. The lowest BCUT2D eigenvalue weighted by molar-refractivity contribution is -0.400. The number of aliphatic carboxylic acids is 1. The van der Waals surface area contributed by atoms with E-state index in [1.807, 2.05) is 0 Å². The summed E-state index contributed by atoms with van der Waals surface area (Å²) in [5.41, 5.74) is 0. The van der Waals surface area contributed by atoms with Gasteiger partial charge < -0.3 is 279 Å². The summed E-state index contributed by atoms with van der Waals surface area (Å²) in [4.78, 5) is 66.5. The molecule has 0 aliphatic carbocycles. The van der Waals surface area contributed by atoms with Gasteiger partial charge in [-0.25, -0.2) is 4.79 Å². The first-order chi connectivity index (χ1) is 65.1. The van der Waals surface area contributed by atoms with Gasteiger partial charge in [-0.1, -0.05) is 0 Å². The molecule has 0 aromatic carbocycles. The Morgan fingerprint density at radius 1 is 0.312 bits per heavy atom. The summed E-state index contributed by atoms with van der Waals surface area (Å²) in [5.74, 6) is -9.72. The first kappa shape index (κ1) is 114. The van der Waals surface area contributed by atoms with Crippen molar-refractivity contribution in [3.8, 4) is 0 Å². The molecular weight excluding hydrogens is 1890 g/mol. The predicted molar refractivity (Wildman–Crippen MR) is 423 cm³/mol. The maximum atomic E-state index is 13.8. The van der Waals surface area contributed by atoms with Crippen LogP contribution in [0, 0.1) is 0 Å². The van der Waals surface area contributed by atoms with Gasteiger partial charge in [-0.2, -0.15) is 0 Å². The number of carboxylic acid groups (broad SMARTS) is 1. The highest BCUT2D eigenvalue weighted by molar-refractivity contribution is 5.77. The van der Waals surface area contributed by atoms with E-state index in [0.29, 0.717) is 0 Å². The maximum absolute atomic E-state index is 13.8. The van der Waals surface area contributed by atoms with Crippen LogP contribution in [0.1, 0.15) is 48.0 Å². The van der Waals surface area contributed by atoms with Crippen molar-refractivity contribution in [3.63, 3.8) is 0 Å². The van der Waals surface area contributed by atoms with Gasteiger partial charge in [-0.05, 0) is 13.8 Å². The van der Waals surface area contributed by atoms with Gasteiger partial charge in [0.25, 0.3) is 5.79 Å². The molecule has 56 atom stereocenters. The molecule has 11 fully saturated rings. The number of aliphatic hydroxyl groups excluding tert-OH is 30. The van der Waals surface area contributed by atoms with Crippen LogP contribution >= 0.6 is 0 Å². The van der Waals surface area contributed by atoms with Gasteiger partial charge in [0.2, 0.25) is 23.6 Å². The second kappa shape index (κ2) is 48.8. The Kier molecular flexibility index (Phi) is 40.1. The van der Waals surface area contributed by atoms with Crippen molar-refractivity contribution in [2.45, 2.75) is 391 Å². The molecule has 0 unspecified atom stereocenters. The lowest BCUT2D eigenvalue weighted by Gasteiger charge is -2.52. The van der Waals surface area contributed by atoms with Gasteiger partial charge in [0.1, 0.15) is 250 Å². The fourth-order valence-corrected chi connectivity index (χ4v) is 18.0. The zero-order valence-electron chi connectivity index (χ0n) is 74.3. The van der Waals surface area contributed by atoms with Gasteiger partial charge in [-0.3, -0.25) is 19.2 Å². The molecule has 138 heavy (non-hydrogen) atoms. The number of carbonyl (C=O) groups excluding carboxylic acids is 4. The monoisotopic (exact) mass is 2020 g/mol. The Labute approximate surface area is 780 Å². The molecule has 35 N–H and O–H groups in total. The number of aliphatic hydroxyl groups is 30. The third-order valence-corrected chi connectivity index (χ3v) is 25.5. The summed E-state index contributed by atoms with van der Waals surface area (Å²) in [7, 11) is 0. The number of hydrogen-bond acceptors (Lipinski definition) is 56. The maximum Gasteiger partial charge on any atom is 0.364 e. The van der Waals surface area contributed by atoms with Crippen LogP contribution in [-0.2, 0) is 123 Å². The number of hydrogen-bond donors (Lipinski definition) is 35. The number of amides is 4. The highest BCUT2D eigenvalue weighted by atomic mass is 16.8. The third kappa shape index (κ3) is 24.6. The fraction of sp³-hybridized carbons (Fsp3) is 0.935. The summed E-state index contributed by atoms with van der Waals surface area (Å²) in [6.07, 6.45) is -112. The molecule has 0 bridgehead atoms. The first-order valence-electron chi connectivity index (χ1n) is 44.0. The van der Waals surface area contributed by atoms with Crippen LogP contribution in [0.2, 0.25) is 0 Å². The molecule has 0 radical (unpaired) electrons. The van der Waals surface area contributed by atoms with Crippen LogP contribution in [0.25, 0.3) is 0 Å². The van der Waals surface area contributed by atoms with Crippen LogP contribution in [0.3, 0.4) is 0 Å². The molecule has 4 amide bonds. The number of rotatable bonds is 36. The highest BCUT2D eigenvalue weighted by Gasteiger charge is 2.65. The van der Waals surface area contributed by atoms with E-state index in [4.69, 9.17) is 99.5 Å². The molecular formula is C77H128N4O57. The predicted octanol–water partition coefficient (Wildman–Crippen LogP) is -23.1. The number of carbonyl (C=O) groups is 5. The van der Waals surface area contributed by atoms with Gasteiger partial charge in [-0.15, -0.1) is 0 Å². The molecule has 798 valence electrons. The minimum absolute atomic E-state index is 0.830. The van der Waals surface area contributed by atoms with Crippen molar-refractivity contribution in [2.24, 2.45) is 0 Å². The Morgan fingerprint density at radius 2 is 0.630 bits per heavy atom. The van der Waals surface area contributed by atoms with E-state index in [1.54, 1.807) is 0 Å². The number of ether oxygens (including phenoxy) is 21. The number of nitrogens with one attached hydrogen (secondary N) is 4. The largest absolute Gasteiger partial charge is 0.477 e. The summed E-state index contributed by atoms with van der Waals surface area (Å²) in [6.45, 7) is -4.99. The summed E-state index contributed by atoms with van der Waals surface area (Å²) >= 11 is 0. The van der Waals surface area contributed by atoms with Crippen LogP contribution < -0.4 is 21.3 Å². The van der Waals surface area contributed by atoms with Crippen LogP contribution in [-0.4, -0.2) is 590 Å². The lowest BCUT2D eigenvalue weighted by atomic mass is 9.88. The molecule has 61 heteroatoms. The second-order valence-corrected chi connectivity index (χ2v) is 35.2. The molecule has 11 aliphatic rings. The van der Waals surface area contributed by atoms with Crippen LogP contribution in [0.15, 0.2) is 0 Å². The quantitative estimate of drug-likeness (QED) is 0.0277. The van der Waals surface area contributed by atoms with Crippen molar-refractivity contribution in [1.82, 2.24) is 21.3 Å². The van der Waals surface area contributed by atoms with Crippen molar-refractivity contribution < 1.29 is 282 Å². The average Bonchev–Trinajstić information content (AvgIpc) is 0.768. The normalized spacial score (nSPS) is 49.1. The van der Waals surface area contributed by atoms with Crippen molar-refractivity contribution in [3.05, 3.63) is 0 Å². The fourth-order valence-electron chi connectivity index (χ4n) is 18.0. The Hall–Kier alpha value is -4.69. The van der Waals surface area contributed by atoms with E-state index in [1.165, 1.54) is 13.8 Å². The topological polar surface area (TPSA) is 954 Å². The molecule has 0 aromatic rings. The van der Waals surface area contributed by atoms with Gasteiger partial charge in [0.15, 0.2) is 62.9 Å². The zero-order chi connectivity index (χ0) is 102.